The van der Waals surface area contributed by atoms with Crippen LogP contribution in [0, 0.1) is 13.8 Å². The third kappa shape index (κ3) is 5.23. The van der Waals surface area contributed by atoms with Crippen LogP contribution in [0.2, 0.25) is 0 Å². The normalized spacial score (nSPS) is 13.0. The molecule has 0 spiro atoms. The monoisotopic (exact) mass is 372 g/mol. The van der Waals surface area contributed by atoms with Gasteiger partial charge in [0.05, 0.1) is 18.8 Å². The quantitative estimate of drug-likeness (QED) is 0.575. The van der Waals surface area contributed by atoms with E-state index in [4.69, 9.17) is 4.74 Å². The minimum absolute atomic E-state index is 0.219. The Morgan fingerprint density at radius 2 is 1.89 bits per heavy atom. The van der Waals surface area contributed by atoms with Crippen LogP contribution < -0.4 is 15.4 Å². The van der Waals surface area contributed by atoms with Crippen LogP contribution in [0.5, 0.6) is 5.75 Å². The fourth-order valence-corrected chi connectivity index (χ4v) is 3.08. The highest BCUT2D eigenvalue weighted by Gasteiger charge is 2.15. The van der Waals surface area contributed by atoms with E-state index in [-0.39, 0.29) is 6.04 Å². The average Bonchev–Trinajstić information content (AvgIpc) is 2.90. The third-order valence-electron chi connectivity index (χ3n) is 4.90. The summed E-state index contributed by atoms with van der Waals surface area (Å²) < 4.78 is 7.17. The molecule has 27 heavy (non-hydrogen) atoms. The number of aliphatic imine (C=N–C) groups is 1. The van der Waals surface area contributed by atoms with Gasteiger partial charge in [0.25, 0.3) is 0 Å². The molecule has 0 radical (unpaired) electrons. The average molecular weight is 373 g/mol. The van der Waals surface area contributed by atoms with Crippen LogP contribution in [0.25, 0.3) is 0 Å². The Balaban J connectivity index is 1.99. The molecule has 2 N–H and O–H groups in total. The van der Waals surface area contributed by atoms with Crippen LogP contribution in [0.4, 0.5) is 0 Å². The molecule has 1 aromatic carbocycles. The van der Waals surface area contributed by atoms with Crippen LogP contribution in [0.3, 0.4) is 0 Å². The number of aryl methyl sites for hydroxylation is 2. The van der Waals surface area contributed by atoms with E-state index >= 15 is 0 Å². The van der Waals surface area contributed by atoms with Crippen molar-refractivity contribution in [3.05, 3.63) is 46.8 Å². The molecule has 1 heterocycles. The second-order valence-electron chi connectivity index (χ2n) is 6.83. The highest BCUT2D eigenvalue weighted by atomic mass is 16.5. The first-order chi connectivity index (χ1) is 12.9. The van der Waals surface area contributed by atoms with Crippen molar-refractivity contribution in [2.45, 2.75) is 26.4 Å². The van der Waals surface area contributed by atoms with Crippen molar-refractivity contribution in [2.75, 3.05) is 34.8 Å². The van der Waals surface area contributed by atoms with Crippen LogP contribution >= 0.6 is 0 Å². The van der Waals surface area contributed by atoms with Gasteiger partial charge >= 0.3 is 0 Å². The molecular formula is C20H32N6O. The number of hydrogen-bond acceptors (Lipinski definition) is 4. The van der Waals surface area contributed by atoms with Gasteiger partial charge in [-0.1, -0.05) is 12.1 Å². The second-order valence-corrected chi connectivity index (χ2v) is 6.83. The van der Waals surface area contributed by atoms with Crippen molar-refractivity contribution in [1.29, 1.82) is 0 Å². The predicted octanol–water partition coefficient (Wildman–Crippen LogP) is 2.01. The maximum atomic E-state index is 5.25. The number of rotatable bonds is 7. The number of aromatic nitrogens is 2. The van der Waals surface area contributed by atoms with Crippen LogP contribution in [0.1, 0.15) is 28.6 Å². The van der Waals surface area contributed by atoms with E-state index in [0.29, 0.717) is 6.54 Å². The first-order valence-corrected chi connectivity index (χ1v) is 9.11. The Hall–Kier alpha value is -2.54. The molecule has 0 fully saturated rings. The summed E-state index contributed by atoms with van der Waals surface area (Å²) in [6, 6.07) is 8.41. The molecule has 1 atom stereocenters. The maximum absolute atomic E-state index is 5.25. The zero-order valence-corrected chi connectivity index (χ0v) is 17.5. The molecule has 2 rings (SSSR count). The van der Waals surface area contributed by atoms with Crippen LogP contribution in [-0.4, -0.2) is 55.4 Å². The minimum Gasteiger partial charge on any atom is -0.497 e. The van der Waals surface area contributed by atoms with E-state index in [2.05, 4.69) is 58.8 Å². The largest absolute Gasteiger partial charge is 0.497 e. The lowest BCUT2D eigenvalue weighted by Gasteiger charge is -2.26. The van der Waals surface area contributed by atoms with Gasteiger partial charge in [0, 0.05) is 38.4 Å². The highest BCUT2D eigenvalue weighted by molar-refractivity contribution is 5.79. The second kappa shape index (κ2) is 9.41. The summed E-state index contributed by atoms with van der Waals surface area (Å²) in [7, 11) is 9.59. The Kier molecular flexibility index (Phi) is 7.24. The van der Waals surface area contributed by atoms with Crippen LogP contribution in [-0.2, 0) is 13.6 Å². The lowest BCUT2D eigenvalue weighted by atomic mass is 10.1. The molecule has 1 unspecified atom stereocenters. The number of methoxy groups -OCH3 is 1. The molecule has 1 aromatic heterocycles. The number of likely N-dealkylation sites (N-methyl/N-ethyl adjacent to an activating group) is 1. The van der Waals surface area contributed by atoms with Gasteiger partial charge in [0.1, 0.15) is 5.75 Å². The fourth-order valence-electron chi connectivity index (χ4n) is 3.08. The molecule has 0 amide bonds. The first-order valence-electron chi connectivity index (χ1n) is 9.11. The third-order valence-corrected chi connectivity index (χ3v) is 4.90. The highest BCUT2D eigenvalue weighted by Crippen LogP contribution is 2.20. The summed E-state index contributed by atoms with van der Waals surface area (Å²) in [5, 5.41) is 11.3. The van der Waals surface area contributed by atoms with Crippen molar-refractivity contribution in [1.82, 2.24) is 25.3 Å². The summed E-state index contributed by atoms with van der Waals surface area (Å²) in [6.45, 7) is 5.55. The first kappa shape index (κ1) is 20.8. The molecule has 7 nitrogen and oxygen atoms in total. The number of guanidine groups is 1. The molecule has 2 aromatic rings. The molecule has 0 aliphatic heterocycles. The standard InChI is InChI=1S/C20H32N6O/c1-14-18(15(2)26(6)24-14)12-22-20(21-3)23-13-19(25(4)5)16-8-10-17(27-7)11-9-16/h8-11,19H,12-13H2,1-7H3,(H2,21,22,23). The minimum atomic E-state index is 0.219. The van der Waals surface area contributed by atoms with Crippen molar-refractivity contribution in [2.24, 2.45) is 12.0 Å². The molecule has 0 bridgehead atoms. The van der Waals surface area contributed by atoms with Crippen molar-refractivity contribution in [3.8, 4) is 5.75 Å². The Labute approximate surface area is 162 Å². The summed E-state index contributed by atoms with van der Waals surface area (Å²) in [5.74, 6) is 1.64. The van der Waals surface area contributed by atoms with E-state index in [1.807, 2.05) is 30.8 Å². The van der Waals surface area contributed by atoms with Gasteiger partial charge in [0.2, 0.25) is 0 Å². The molecule has 7 heteroatoms. The topological polar surface area (TPSA) is 66.7 Å². The number of benzene rings is 1. The SMILES string of the molecule is CN=C(NCc1c(C)nn(C)c1C)NCC(c1ccc(OC)cc1)N(C)C. The lowest BCUT2D eigenvalue weighted by Crippen LogP contribution is -2.41. The summed E-state index contributed by atoms with van der Waals surface area (Å²) in [5.41, 5.74) is 4.64. The Morgan fingerprint density at radius 3 is 2.37 bits per heavy atom. The van der Waals surface area contributed by atoms with E-state index < -0.39 is 0 Å². The van der Waals surface area contributed by atoms with E-state index in [1.54, 1.807) is 14.2 Å². The zero-order chi connectivity index (χ0) is 20.0. The summed E-state index contributed by atoms with van der Waals surface area (Å²) in [4.78, 5) is 6.54. The zero-order valence-electron chi connectivity index (χ0n) is 17.5. The van der Waals surface area contributed by atoms with Gasteiger partial charge in [0.15, 0.2) is 5.96 Å². The number of nitrogens with one attached hydrogen (secondary N) is 2. The van der Waals surface area contributed by atoms with Gasteiger partial charge in [-0.3, -0.25) is 9.67 Å². The Bertz CT molecular complexity index is 764. The maximum Gasteiger partial charge on any atom is 0.191 e. The van der Waals surface area contributed by atoms with Gasteiger partial charge in [-0.2, -0.15) is 5.10 Å². The molecular weight excluding hydrogens is 340 g/mol. The lowest BCUT2D eigenvalue weighted by molar-refractivity contribution is 0.298. The van der Waals surface area contributed by atoms with Crippen LogP contribution in [0.15, 0.2) is 29.3 Å². The number of ether oxygens (including phenoxy) is 1. The predicted molar refractivity (Wildman–Crippen MR) is 110 cm³/mol. The summed E-state index contributed by atoms with van der Waals surface area (Å²) >= 11 is 0. The van der Waals surface area contributed by atoms with Crippen molar-refractivity contribution >= 4 is 5.96 Å². The summed E-state index contributed by atoms with van der Waals surface area (Å²) in [6.07, 6.45) is 0. The van der Waals surface area contributed by atoms with E-state index in [1.165, 1.54) is 16.8 Å². The molecule has 148 valence electrons. The Morgan fingerprint density at radius 1 is 1.22 bits per heavy atom. The van der Waals surface area contributed by atoms with Gasteiger partial charge < -0.3 is 20.3 Å². The van der Waals surface area contributed by atoms with E-state index in [0.717, 1.165) is 23.9 Å². The van der Waals surface area contributed by atoms with Crippen molar-refractivity contribution < 1.29 is 4.74 Å². The van der Waals surface area contributed by atoms with Gasteiger partial charge in [-0.25, -0.2) is 0 Å². The molecule has 0 aliphatic rings. The molecule has 0 aliphatic carbocycles. The number of nitrogens with zero attached hydrogens (tertiary/aromatic N) is 4. The molecule has 0 saturated carbocycles. The smallest absolute Gasteiger partial charge is 0.191 e. The van der Waals surface area contributed by atoms with Gasteiger partial charge in [-0.15, -0.1) is 0 Å². The number of hydrogen-bond donors (Lipinski definition) is 2. The van der Waals surface area contributed by atoms with Gasteiger partial charge in [-0.05, 0) is 45.6 Å². The van der Waals surface area contributed by atoms with E-state index in [9.17, 15) is 0 Å². The van der Waals surface area contributed by atoms with Crippen molar-refractivity contribution in [3.63, 3.8) is 0 Å². The molecule has 0 saturated heterocycles. The fraction of sp³-hybridized carbons (Fsp3) is 0.500.